The smallest absolute Gasteiger partial charge is 0.328 e. The summed E-state index contributed by atoms with van der Waals surface area (Å²) in [5.74, 6) is -0.199. The number of likely N-dealkylation sites (tertiary alicyclic amines) is 1. The Morgan fingerprint density at radius 3 is 2.85 bits per heavy atom. The first-order valence-electron chi connectivity index (χ1n) is 6.71. The predicted octanol–water partition coefficient (Wildman–Crippen LogP) is 3.02. The van der Waals surface area contributed by atoms with Gasteiger partial charge in [-0.05, 0) is 55.8 Å². The van der Waals surface area contributed by atoms with Crippen LogP contribution in [-0.2, 0) is 4.79 Å². The second kappa shape index (κ2) is 7.45. The molecule has 1 N–H and O–H groups in total. The topological polar surface area (TPSA) is 49.8 Å². The summed E-state index contributed by atoms with van der Waals surface area (Å²) in [7, 11) is 0. The van der Waals surface area contributed by atoms with Gasteiger partial charge in [0.2, 0.25) is 0 Å². The van der Waals surface area contributed by atoms with E-state index in [4.69, 9.17) is 9.84 Å². The molecule has 4 nitrogen and oxygen atoms in total. The van der Waals surface area contributed by atoms with Gasteiger partial charge in [0.15, 0.2) is 0 Å². The van der Waals surface area contributed by atoms with E-state index in [0.717, 1.165) is 41.5 Å². The van der Waals surface area contributed by atoms with Gasteiger partial charge in [-0.1, -0.05) is 15.9 Å². The van der Waals surface area contributed by atoms with Crippen molar-refractivity contribution in [3.8, 4) is 5.75 Å². The molecule has 0 spiro atoms. The standard InChI is InChI=1S/C15H18BrNO3/c16-14-5-4-13(11-12(14)3-6-15(18)19)20-10-9-17-7-1-2-8-17/h3-6,11H,1-2,7-10H2,(H,18,19)/b6-3+. The quantitative estimate of drug-likeness (QED) is 0.809. The minimum Gasteiger partial charge on any atom is -0.492 e. The van der Waals surface area contributed by atoms with Crippen LogP contribution in [0.25, 0.3) is 6.08 Å². The Hall–Kier alpha value is -1.33. The van der Waals surface area contributed by atoms with E-state index >= 15 is 0 Å². The minimum atomic E-state index is -0.961. The second-order valence-electron chi connectivity index (χ2n) is 4.75. The highest BCUT2D eigenvalue weighted by Crippen LogP contribution is 2.24. The van der Waals surface area contributed by atoms with E-state index < -0.39 is 5.97 Å². The van der Waals surface area contributed by atoms with Gasteiger partial charge in [0.1, 0.15) is 12.4 Å². The van der Waals surface area contributed by atoms with Gasteiger partial charge in [-0.25, -0.2) is 4.79 Å². The fourth-order valence-electron chi connectivity index (χ4n) is 2.20. The summed E-state index contributed by atoms with van der Waals surface area (Å²) in [4.78, 5) is 12.9. The molecule has 0 amide bonds. The van der Waals surface area contributed by atoms with Crippen LogP contribution in [-0.4, -0.2) is 42.2 Å². The molecule has 5 heteroatoms. The molecule has 108 valence electrons. The van der Waals surface area contributed by atoms with E-state index in [-0.39, 0.29) is 0 Å². The lowest BCUT2D eigenvalue weighted by atomic mass is 10.2. The molecule has 0 aliphatic carbocycles. The molecule has 1 aromatic carbocycles. The molecule has 1 aromatic rings. The molecule has 1 heterocycles. The number of hydrogen-bond donors (Lipinski definition) is 1. The van der Waals surface area contributed by atoms with E-state index in [2.05, 4.69) is 20.8 Å². The monoisotopic (exact) mass is 339 g/mol. The summed E-state index contributed by atoms with van der Waals surface area (Å²) < 4.78 is 6.58. The van der Waals surface area contributed by atoms with Gasteiger partial charge >= 0.3 is 5.97 Å². The van der Waals surface area contributed by atoms with Crippen LogP contribution in [0.4, 0.5) is 0 Å². The number of hydrogen-bond acceptors (Lipinski definition) is 3. The molecule has 0 saturated carbocycles. The van der Waals surface area contributed by atoms with Crippen molar-refractivity contribution in [1.29, 1.82) is 0 Å². The Labute approximate surface area is 127 Å². The molecule has 0 bridgehead atoms. The van der Waals surface area contributed by atoms with Crippen molar-refractivity contribution in [3.05, 3.63) is 34.3 Å². The van der Waals surface area contributed by atoms with Crippen molar-refractivity contribution in [1.82, 2.24) is 4.90 Å². The molecule has 0 unspecified atom stereocenters. The lowest BCUT2D eigenvalue weighted by Crippen LogP contribution is -2.25. The average Bonchev–Trinajstić information content (AvgIpc) is 2.92. The molecular formula is C15H18BrNO3. The van der Waals surface area contributed by atoms with Crippen LogP contribution in [0.15, 0.2) is 28.7 Å². The Kier molecular flexibility index (Phi) is 5.61. The zero-order chi connectivity index (χ0) is 14.4. The minimum absolute atomic E-state index is 0.656. The molecule has 2 rings (SSSR count). The Morgan fingerprint density at radius 1 is 1.40 bits per heavy atom. The molecule has 0 atom stereocenters. The van der Waals surface area contributed by atoms with Crippen LogP contribution in [0.3, 0.4) is 0 Å². The van der Waals surface area contributed by atoms with E-state index in [1.165, 1.54) is 12.8 Å². The SMILES string of the molecule is O=C(O)/C=C/c1cc(OCCN2CCCC2)ccc1Br. The Morgan fingerprint density at radius 2 is 2.15 bits per heavy atom. The summed E-state index contributed by atoms with van der Waals surface area (Å²) in [6.45, 7) is 3.92. The normalized spacial score (nSPS) is 15.8. The van der Waals surface area contributed by atoms with Crippen molar-refractivity contribution >= 4 is 28.0 Å². The van der Waals surface area contributed by atoms with Gasteiger partial charge in [0.25, 0.3) is 0 Å². The zero-order valence-electron chi connectivity index (χ0n) is 11.2. The summed E-state index contributed by atoms with van der Waals surface area (Å²) in [6, 6.07) is 5.59. The van der Waals surface area contributed by atoms with Crippen LogP contribution in [0.2, 0.25) is 0 Å². The van der Waals surface area contributed by atoms with Crippen molar-refractivity contribution in [3.63, 3.8) is 0 Å². The van der Waals surface area contributed by atoms with Crippen molar-refractivity contribution in [2.24, 2.45) is 0 Å². The molecular weight excluding hydrogens is 322 g/mol. The third-order valence-corrected chi connectivity index (χ3v) is 3.97. The highest BCUT2D eigenvalue weighted by atomic mass is 79.9. The number of carboxylic acids is 1. The fraction of sp³-hybridized carbons (Fsp3) is 0.400. The molecule has 0 aromatic heterocycles. The number of carbonyl (C=O) groups is 1. The molecule has 20 heavy (non-hydrogen) atoms. The summed E-state index contributed by atoms with van der Waals surface area (Å²) in [5.41, 5.74) is 0.797. The van der Waals surface area contributed by atoms with E-state index in [1.54, 1.807) is 6.08 Å². The van der Waals surface area contributed by atoms with Gasteiger partial charge in [-0.2, -0.15) is 0 Å². The number of halogens is 1. The number of aliphatic carboxylic acids is 1. The van der Waals surface area contributed by atoms with Gasteiger partial charge < -0.3 is 9.84 Å². The molecule has 1 aliphatic heterocycles. The number of carboxylic acid groups (broad SMARTS) is 1. The van der Waals surface area contributed by atoms with Crippen LogP contribution in [0.1, 0.15) is 18.4 Å². The fourth-order valence-corrected chi connectivity index (χ4v) is 2.58. The van der Waals surface area contributed by atoms with E-state index in [0.29, 0.717) is 6.61 Å². The first kappa shape index (κ1) is 15.1. The lowest BCUT2D eigenvalue weighted by Gasteiger charge is -2.15. The lowest BCUT2D eigenvalue weighted by molar-refractivity contribution is -0.131. The van der Waals surface area contributed by atoms with Crippen molar-refractivity contribution in [2.75, 3.05) is 26.2 Å². The number of ether oxygens (including phenoxy) is 1. The van der Waals surface area contributed by atoms with E-state index in [1.807, 2.05) is 18.2 Å². The first-order chi connectivity index (χ1) is 9.65. The highest BCUT2D eigenvalue weighted by molar-refractivity contribution is 9.10. The van der Waals surface area contributed by atoms with Crippen LogP contribution in [0.5, 0.6) is 5.75 Å². The Bertz CT molecular complexity index is 496. The van der Waals surface area contributed by atoms with Crippen molar-refractivity contribution in [2.45, 2.75) is 12.8 Å². The van der Waals surface area contributed by atoms with E-state index in [9.17, 15) is 4.79 Å². The molecule has 1 saturated heterocycles. The summed E-state index contributed by atoms with van der Waals surface area (Å²) >= 11 is 3.39. The molecule has 1 aliphatic rings. The van der Waals surface area contributed by atoms with Gasteiger partial charge in [0.05, 0.1) is 0 Å². The van der Waals surface area contributed by atoms with Crippen LogP contribution < -0.4 is 4.74 Å². The summed E-state index contributed by atoms with van der Waals surface area (Å²) in [6.07, 6.45) is 5.23. The molecule has 1 fully saturated rings. The van der Waals surface area contributed by atoms with Crippen LogP contribution >= 0.6 is 15.9 Å². The number of benzene rings is 1. The van der Waals surface area contributed by atoms with Crippen molar-refractivity contribution < 1.29 is 14.6 Å². The highest BCUT2D eigenvalue weighted by Gasteiger charge is 2.10. The van der Waals surface area contributed by atoms with Gasteiger partial charge in [-0.3, -0.25) is 4.90 Å². The van der Waals surface area contributed by atoms with Gasteiger partial charge in [-0.15, -0.1) is 0 Å². The average molecular weight is 340 g/mol. The largest absolute Gasteiger partial charge is 0.492 e. The third-order valence-electron chi connectivity index (χ3n) is 3.25. The van der Waals surface area contributed by atoms with Gasteiger partial charge in [0, 0.05) is 17.1 Å². The number of nitrogens with zero attached hydrogens (tertiary/aromatic N) is 1. The predicted molar refractivity (Wildman–Crippen MR) is 82.0 cm³/mol. The second-order valence-corrected chi connectivity index (χ2v) is 5.61. The third kappa shape index (κ3) is 4.65. The maximum Gasteiger partial charge on any atom is 0.328 e. The maximum atomic E-state index is 10.5. The first-order valence-corrected chi connectivity index (χ1v) is 7.50. The van der Waals surface area contributed by atoms with Crippen LogP contribution in [0, 0.1) is 0 Å². The zero-order valence-corrected chi connectivity index (χ0v) is 12.8. The maximum absolute atomic E-state index is 10.5. The Balaban J connectivity index is 1.90. The summed E-state index contributed by atoms with van der Waals surface area (Å²) in [5, 5.41) is 8.66. The number of rotatable bonds is 6. The molecule has 0 radical (unpaired) electrons.